The van der Waals surface area contributed by atoms with E-state index in [1.54, 1.807) is 12.5 Å². The third-order valence-electron chi connectivity index (χ3n) is 3.02. The fraction of sp³-hybridized carbons (Fsp3) is 0.0625. The molecule has 0 bridgehead atoms. The SMILES string of the molecule is Clc1ncccc1NC(c1ccccc1)c1ccco1. The van der Waals surface area contributed by atoms with Crippen molar-refractivity contribution in [3.63, 3.8) is 0 Å². The zero-order valence-electron chi connectivity index (χ0n) is 10.7. The summed E-state index contributed by atoms with van der Waals surface area (Å²) in [5.74, 6) is 0.830. The van der Waals surface area contributed by atoms with Crippen LogP contribution in [-0.4, -0.2) is 4.98 Å². The molecule has 1 N–H and O–H groups in total. The van der Waals surface area contributed by atoms with Crippen molar-refractivity contribution in [2.45, 2.75) is 6.04 Å². The molecule has 2 aromatic heterocycles. The number of aromatic nitrogens is 1. The minimum atomic E-state index is -0.104. The molecule has 0 aliphatic heterocycles. The largest absolute Gasteiger partial charge is 0.467 e. The van der Waals surface area contributed by atoms with Crippen LogP contribution in [0.4, 0.5) is 5.69 Å². The van der Waals surface area contributed by atoms with Gasteiger partial charge in [-0.15, -0.1) is 0 Å². The average Bonchev–Trinajstić information content (AvgIpc) is 3.01. The second-order valence-electron chi connectivity index (χ2n) is 4.35. The molecule has 3 rings (SSSR count). The molecule has 0 fully saturated rings. The predicted octanol–water partition coefficient (Wildman–Crippen LogP) is 4.53. The third kappa shape index (κ3) is 2.68. The van der Waals surface area contributed by atoms with Crippen molar-refractivity contribution in [2.24, 2.45) is 0 Å². The fourth-order valence-electron chi connectivity index (χ4n) is 2.07. The summed E-state index contributed by atoms with van der Waals surface area (Å²) in [6.45, 7) is 0. The van der Waals surface area contributed by atoms with Crippen LogP contribution >= 0.6 is 11.6 Å². The van der Waals surface area contributed by atoms with Crippen molar-refractivity contribution in [3.8, 4) is 0 Å². The molecular formula is C16H13ClN2O. The van der Waals surface area contributed by atoms with Crippen molar-refractivity contribution >= 4 is 17.3 Å². The quantitative estimate of drug-likeness (QED) is 0.715. The molecule has 0 amide bonds. The molecule has 0 saturated heterocycles. The summed E-state index contributed by atoms with van der Waals surface area (Å²) in [5, 5.41) is 3.82. The highest BCUT2D eigenvalue weighted by Gasteiger charge is 2.17. The van der Waals surface area contributed by atoms with Gasteiger partial charge in [0.15, 0.2) is 5.15 Å². The maximum Gasteiger partial charge on any atom is 0.152 e. The summed E-state index contributed by atoms with van der Waals surface area (Å²) in [4.78, 5) is 4.08. The summed E-state index contributed by atoms with van der Waals surface area (Å²) in [6.07, 6.45) is 3.33. The van der Waals surface area contributed by atoms with E-state index in [0.29, 0.717) is 5.15 Å². The lowest BCUT2D eigenvalue weighted by atomic mass is 10.0. The Morgan fingerprint density at radius 3 is 2.55 bits per heavy atom. The first-order chi connectivity index (χ1) is 9.84. The highest BCUT2D eigenvalue weighted by molar-refractivity contribution is 6.31. The van der Waals surface area contributed by atoms with E-state index >= 15 is 0 Å². The van der Waals surface area contributed by atoms with Gasteiger partial charge in [0.05, 0.1) is 12.0 Å². The number of rotatable bonds is 4. The van der Waals surface area contributed by atoms with Gasteiger partial charge in [0.1, 0.15) is 11.8 Å². The van der Waals surface area contributed by atoms with Gasteiger partial charge in [0.25, 0.3) is 0 Å². The highest BCUT2D eigenvalue weighted by atomic mass is 35.5. The Balaban J connectivity index is 1.97. The van der Waals surface area contributed by atoms with E-state index in [0.717, 1.165) is 17.0 Å². The van der Waals surface area contributed by atoms with Crippen LogP contribution in [-0.2, 0) is 0 Å². The zero-order valence-corrected chi connectivity index (χ0v) is 11.4. The van der Waals surface area contributed by atoms with Crippen LogP contribution in [0, 0.1) is 0 Å². The van der Waals surface area contributed by atoms with Crippen LogP contribution in [0.2, 0.25) is 5.15 Å². The van der Waals surface area contributed by atoms with E-state index < -0.39 is 0 Å². The Bertz CT molecular complexity index is 668. The predicted molar refractivity (Wildman–Crippen MR) is 79.9 cm³/mol. The lowest BCUT2D eigenvalue weighted by Gasteiger charge is -2.18. The maximum atomic E-state index is 6.11. The van der Waals surface area contributed by atoms with Crippen LogP contribution in [0.3, 0.4) is 0 Å². The van der Waals surface area contributed by atoms with Gasteiger partial charge in [0.2, 0.25) is 0 Å². The van der Waals surface area contributed by atoms with Gasteiger partial charge in [-0.3, -0.25) is 0 Å². The second kappa shape index (κ2) is 5.80. The molecule has 0 aliphatic carbocycles. The Hall–Kier alpha value is -2.26. The first-order valence-electron chi connectivity index (χ1n) is 6.30. The standard InChI is InChI=1S/C16H13ClN2O/c17-16-13(8-4-10-18-16)19-15(14-9-5-11-20-14)12-6-2-1-3-7-12/h1-11,15,19H. The van der Waals surface area contributed by atoms with Crippen molar-refractivity contribution in [2.75, 3.05) is 5.32 Å². The summed E-state index contributed by atoms with van der Waals surface area (Å²) in [5.41, 5.74) is 1.88. The van der Waals surface area contributed by atoms with Gasteiger partial charge in [-0.2, -0.15) is 0 Å². The van der Waals surface area contributed by atoms with Crippen LogP contribution in [0.25, 0.3) is 0 Å². The molecule has 2 heterocycles. The van der Waals surface area contributed by atoms with Gasteiger partial charge in [-0.1, -0.05) is 41.9 Å². The van der Waals surface area contributed by atoms with Crippen molar-refractivity contribution in [3.05, 3.63) is 83.5 Å². The smallest absolute Gasteiger partial charge is 0.152 e. The van der Waals surface area contributed by atoms with E-state index in [9.17, 15) is 0 Å². The Morgan fingerprint density at radius 2 is 1.85 bits per heavy atom. The molecular weight excluding hydrogens is 272 g/mol. The number of pyridine rings is 1. The molecule has 1 atom stereocenters. The van der Waals surface area contributed by atoms with Crippen LogP contribution in [0.5, 0.6) is 0 Å². The molecule has 1 unspecified atom stereocenters. The van der Waals surface area contributed by atoms with E-state index in [-0.39, 0.29) is 6.04 Å². The number of nitrogens with zero attached hydrogens (tertiary/aromatic N) is 1. The molecule has 3 nitrogen and oxygen atoms in total. The van der Waals surface area contributed by atoms with Crippen molar-refractivity contribution < 1.29 is 4.42 Å². The lowest BCUT2D eigenvalue weighted by molar-refractivity contribution is 0.499. The van der Waals surface area contributed by atoms with Gasteiger partial charge >= 0.3 is 0 Å². The average molecular weight is 285 g/mol. The third-order valence-corrected chi connectivity index (χ3v) is 3.32. The van der Waals surface area contributed by atoms with Gasteiger partial charge in [-0.05, 0) is 29.8 Å². The molecule has 100 valence electrons. The summed E-state index contributed by atoms with van der Waals surface area (Å²) in [6, 6.07) is 17.5. The van der Waals surface area contributed by atoms with Gasteiger partial charge in [-0.25, -0.2) is 4.98 Å². The van der Waals surface area contributed by atoms with Crippen molar-refractivity contribution in [1.82, 2.24) is 4.98 Å². The summed E-state index contributed by atoms with van der Waals surface area (Å²) >= 11 is 6.11. The van der Waals surface area contributed by atoms with Gasteiger partial charge < -0.3 is 9.73 Å². The van der Waals surface area contributed by atoms with Crippen molar-refractivity contribution in [1.29, 1.82) is 0 Å². The number of hydrogen-bond acceptors (Lipinski definition) is 3. The summed E-state index contributed by atoms with van der Waals surface area (Å²) in [7, 11) is 0. The normalized spacial score (nSPS) is 12.1. The number of benzene rings is 1. The molecule has 3 aromatic rings. The van der Waals surface area contributed by atoms with Crippen LogP contribution < -0.4 is 5.32 Å². The number of anilines is 1. The number of nitrogens with one attached hydrogen (secondary N) is 1. The number of halogens is 1. The van der Waals surface area contributed by atoms with Crippen LogP contribution in [0.15, 0.2) is 71.5 Å². The first kappa shape index (κ1) is 12.8. The first-order valence-corrected chi connectivity index (χ1v) is 6.68. The monoisotopic (exact) mass is 284 g/mol. The number of hydrogen-bond donors (Lipinski definition) is 1. The van der Waals surface area contributed by atoms with E-state index in [4.69, 9.17) is 16.0 Å². The lowest BCUT2D eigenvalue weighted by Crippen LogP contribution is -2.12. The molecule has 0 radical (unpaired) electrons. The summed E-state index contributed by atoms with van der Waals surface area (Å²) < 4.78 is 5.54. The molecule has 20 heavy (non-hydrogen) atoms. The second-order valence-corrected chi connectivity index (χ2v) is 4.70. The molecule has 1 aromatic carbocycles. The zero-order chi connectivity index (χ0) is 13.8. The Morgan fingerprint density at radius 1 is 1.00 bits per heavy atom. The van der Waals surface area contributed by atoms with Gasteiger partial charge in [0, 0.05) is 6.20 Å². The Labute approximate surface area is 122 Å². The fourth-order valence-corrected chi connectivity index (χ4v) is 2.24. The Kier molecular flexibility index (Phi) is 3.70. The maximum absolute atomic E-state index is 6.11. The topological polar surface area (TPSA) is 38.1 Å². The van der Waals surface area contributed by atoms with Crippen LogP contribution in [0.1, 0.15) is 17.4 Å². The minimum absolute atomic E-state index is 0.104. The number of furan rings is 1. The van der Waals surface area contributed by atoms with E-state index in [1.807, 2.05) is 54.6 Å². The molecule has 0 aliphatic rings. The molecule has 4 heteroatoms. The highest BCUT2D eigenvalue weighted by Crippen LogP contribution is 2.29. The minimum Gasteiger partial charge on any atom is -0.467 e. The molecule has 0 spiro atoms. The van der Waals surface area contributed by atoms with E-state index in [1.165, 1.54) is 0 Å². The molecule has 0 saturated carbocycles. The van der Waals surface area contributed by atoms with E-state index in [2.05, 4.69) is 10.3 Å².